The van der Waals surface area contributed by atoms with Crippen LogP contribution in [0.15, 0.2) is 18.3 Å². The molecule has 0 aromatic carbocycles. The topological polar surface area (TPSA) is 63.2 Å². The number of carbonyl (C=O) groups is 1. The van der Waals surface area contributed by atoms with Crippen LogP contribution in [0.1, 0.15) is 18.9 Å². The highest BCUT2D eigenvalue weighted by Gasteiger charge is 2.33. The SMILES string of the molecule is CCCNC1COCC1C(=O)Nc1ncccc1C. The fraction of sp³-hybridized carbons (Fsp3) is 0.571. The van der Waals surface area contributed by atoms with E-state index in [1.54, 1.807) is 6.20 Å². The Morgan fingerprint density at radius 1 is 1.53 bits per heavy atom. The molecule has 0 bridgehead atoms. The lowest BCUT2D eigenvalue weighted by molar-refractivity contribution is -0.120. The standard InChI is InChI=1S/C14H21N3O2/c1-3-6-15-12-9-19-8-11(12)14(18)17-13-10(2)5-4-7-16-13/h4-5,7,11-12,15H,3,6,8-9H2,1-2H3,(H,16,17,18). The summed E-state index contributed by atoms with van der Waals surface area (Å²) < 4.78 is 5.41. The van der Waals surface area contributed by atoms with Crippen LogP contribution in [0.2, 0.25) is 0 Å². The number of amides is 1. The van der Waals surface area contributed by atoms with Gasteiger partial charge in [0, 0.05) is 12.2 Å². The lowest BCUT2D eigenvalue weighted by atomic mass is 10.0. The van der Waals surface area contributed by atoms with Gasteiger partial charge >= 0.3 is 0 Å². The molecule has 5 nitrogen and oxygen atoms in total. The summed E-state index contributed by atoms with van der Waals surface area (Å²) in [5, 5.41) is 6.24. The average molecular weight is 263 g/mol. The van der Waals surface area contributed by atoms with Gasteiger partial charge in [-0.15, -0.1) is 0 Å². The summed E-state index contributed by atoms with van der Waals surface area (Å²) in [4.78, 5) is 16.5. The molecule has 1 fully saturated rings. The van der Waals surface area contributed by atoms with Crippen LogP contribution in [0.4, 0.5) is 5.82 Å². The molecule has 1 aromatic heterocycles. The Kier molecular flexibility index (Phi) is 4.87. The van der Waals surface area contributed by atoms with E-state index in [2.05, 4.69) is 22.5 Å². The zero-order chi connectivity index (χ0) is 13.7. The molecule has 0 radical (unpaired) electrons. The molecular formula is C14H21N3O2. The molecule has 19 heavy (non-hydrogen) atoms. The zero-order valence-corrected chi connectivity index (χ0v) is 11.5. The number of nitrogens with zero attached hydrogens (tertiary/aromatic N) is 1. The number of aryl methyl sites for hydroxylation is 1. The summed E-state index contributed by atoms with van der Waals surface area (Å²) in [5.74, 6) is 0.467. The van der Waals surface area contributed by atoms with E-state index in [1.165, 1.54) is 0 Å². The van der Waals surface area contributed by atoms with Crippen molar-refractivity contribution in [2.45, 2.75) is 26.3 Å². The smallest absolute Gasteiger partial charge is 0.232 e. The lowest BCUT2D eigenvalue weighted by Gasteiger charge is -2.18. The number of rotatable bonds is 5. The van der Waals surface area contributed by atoms with E-state index in [0.717, 1.165) is 18.5 Å². The quantitative estimate of drug-likeness (QED) is 0.841. The van der Waals surface area contributed by atoms with Crippen LogP contribution in [-0.4, -0.2) is 36.7 Å². The molecule has 0 aliphatic carbocycles. The number of hydrogen-bond acceptors (Lipinski definition) is 4. The molecule has 2 rings (SSSR count). The van der Waals surface area contributed by atoms with Gasteiger partial charge in [-0.25, -0.2) is 4.98 Å². The fourth-order valence-corrected chi connectivity index (χ4v) is 2.17. The summed E-state index contributed by atoms with van der Waals surface area (Å²) in [6.45, 7) is 6.01. The Morgan fingerprint density at radius 2 is 2.37 bits per heavy atom. The predicted octanol–water partition coefficient (Wildman–Crippen LogP) is 1.34. The van der Waals surface area contributed by atoms with Crippen LogP contribution in [0.5, 0.6) is 0 Å². The number of hydrogen-bond donors (Lipinski definition) is 2. The summed E-state index contributed by atoms with van der Waals surface area (Å²) in [6.07, 6.45) is 2.73. The van der Waals surface area contributed by atoms with Gasteiger partial charge in [0.1, 0.15) is 5.82 Å². The molecule has 104 valence electrons. The van der Waals surface area contributed by atoms with E-state index >= 15 is 0 Å². The number of pyridine rings is 1. The monoisotopic (exact) mass is 263 g/mol. The van der Waals surface area contributed by atoms with Gasteiger partial charge in [0.25, 0.3) is 0 Å². The van der Waals surface area contributed by atoms with Crippen molar-refractivity contribution in [2.75, 3.05) is 25.1 Å². The maximum absolute atomic E-state index is 12.3. The van der Waals surface area contributed by atoms with Crippen molar-refractivity contribution in [1.82, 2.24) is 10.3 Å². The summed E-state index contributed by atoms with van der Waals surface area (Å²) in [6, 6.07) is 3.89. The van der Waals surface area contributed by atoms with Crippen molar-refractivity contribution in [3.05, 3.63) is 23.9 Å². The number of aromatic nitrogens is 1. The van der Waals surface area contributed by atoms with Crippen LogP contribution in [0.25, 0.3) is 0 Å². The Hall–Kier alpha value is -1.46. The first-order valence-corrected chi connectivity index (χ1v) is 6.76. The van der Waals surface area contributed by atoms with Crippen molar-refractivity contribution >= 4 is 11.7 Å². The number of carbonyl (C=O) groups excluding carboxylic acids is 1. The molecule has 2 atom stereocenters. The third-order valence-corrected chi connectivity index (χ3v) is 3.32. The minimum atomic E-state index is -0.145. The fourth-order valence-electron chi connectivity index (χ4n) is 2.17. The third kappa shape index (κ3) is 3.52. The van der Waals surface area contributed by atoms with Gasteiger partial charge in [-0.2, -0.15) is 0 Å². The van der Waals surface area contributed by atoms with Gasteiger partial charge in [-0.05, 0) is 31.5 Å². The largest absolute Gasteiger partial charge is 0.379 e. The van der Waals surface area contributed by atoms with Gasteiger partial charge in [-0.1, -0.05) is 13.0 Å². The molecule has 1 amide bonds. The van der Waals surface area contributed by atoms with Crippen LogP contribution < -0.4 is 10.6 Å². The molecule has 0 spiro atoms. The average Bonchev–Trinajstić information content (AvgIpc) is 2.87. The van der Waals surface area contributed by atoms with Crippen LogP contribution in [0.3, 0.4) is 0 Å². The second kappa shape index (κ2) is 6.63. The van der Waals surface area contributed by atoms with E-state index < -0.39 is 0 Å². The van der Waals surface area contributed by atoms with E-state index in [1.807, 2.05) is 19.1 Å². The lowest BCUT2D eigenvalue weighted by Crippen LogP contribution is -2.41. The normalized spacial score (nSPS) is 22.4. The van der Waals surface area contributed by atoms with Crippen molar-refractivity contribution in [1.29, 1.82) is 0 Å². The van der Waals surface area contributed by atoms with Gasteiger partial charge in [0.05, 0.1) is 19.1 Å². The molecular weight excluding hydrogens is 242 g/mol. The first-order chi connectivity index (χ1) is 9.22. The number of nitrogens with one attached hydrogen (secondary N) is 2. The maximum Gasteiger partial charge on any atom is 0.232 e. The van der Waals surface area contributed by atoms with Gasteiger partial charge < -0.3 is 15.4 Å². The molecule has 2 unspecified atom stereocenters. The first-order valence-electron chi connectivity index (χ1n) is 6.76. The molecule has 0 saturated carbocycles. The molecule has 5 heteroatoms. The number of anilines is 1. The van der Waals surface area contributed by atoms with Crippen LogP contribution in [0, 0.1) is 12.8 Å². The number of ether oxygens (including phenoxy) is 1. The molecule has 1 saturated heterocycles. The Bertz CT molecular complexity index is 436. The van der Waals surface area contributed by atoms with Crippen LogP contribution >= 0.6 is 0 Å². The van der Waals surface area contributed by atoms with E-state index in [9.17, 15) is 4.79 Å². The molecule has 1 aliphatic rings. The highest BCUT2D eigenvalue weighted by Crippen LogP contribution is 2.17. The summed E-state index contributed by atoms with van der Waals surface area (Å²) >= 11 is 0. The van der Waals surface area contributed by atoms with Crippen LogP contribution in [-0.2, 0) is 9.53 Å². The highest BCUT2D eigenvalue weighted by atomic mass is 16.5. The molecule has 2 N–H and O–H groups in total. The van der Waals surface area contributed by atoms with E-state index in [0.29, 0.717) is 19.0 Å². The second-order valence-electron chi connectivity index (χ2n) is 4.86. The van der Waals surface area contributed by atoms with Crippen molar-refractivity contribution in [3.63, 3.8) is 0 Å². The predicted molar refractivity (Wildman–Crippen MR) is 74.0 cm³/mol. The second-order valence-corrected chi connectivity index (χ2v) is 4.86. The van der Waals surface area contributed by atoms with E-state index in [4.69, 9.17) is 4.74 Å². The van der Waals surface area contributed by atoms with Crippen molar-refractivity contribution < 1.29 is 9.53 Å². The summed E-state index contributed by atoms with van der Waals surface area (Å²) in [5.41, 5.74) is 0.966. The maximum atomic E-state index is 12.3. The Balaban J connectivity index is 1.97. The van der Waals surface area contributed by atoms with Gasteiger partial charge in [0.15, 0.2) is 0 Å². The Morgan fingerprint density at radius 3 is 3.11 bits per heavy atom. The minimum absolute atomic E-state index is 0.0205. The van der Waals surface area contributed by atoms with Crippen molar-refractivity contribution in [2.24, 2.45) is 5.92 Å². The zero-order valence-electron chi connectivity index (χ0n) is 11.5. The highest BCUT2D eigenvalue weighted by molar-refractivity contribution is 5.93. The van der Waals surface area contributed by atoms with Gasteiger partial charge in [-0.3, -0.25) is 4.79 Å². The van der Waals surface area contributed by atoms with Gasteiger partial charge in [0.2, 0.25) is 5.91 Å². The molecule has 1 aliphatic heterocycles. The first kappa shape index (κ1) is 14.0. The van der Waals surface area contributed by atoms with Crippen molar-refractivity contribution in [3.8, 4) is 0 Å². The molecule has 1 aromatic rings. The third-order valence-electron chi connectivity index (χ3n) is 3.32. The van der Waals surface area contributed by atoms with E-state index in [-0.39, 0.29) is 17.9 Å². The minimum Gasteiger partial charge on any atom is -0.379 e. The molecule has 2 heterocycles. The Labute approximate surface area is 113 Å². The summed E-state index contributed by atoms with van der Waals surface area (Å²) in [7, 11) is 0.